The average Bonchev–Trinajstić information content (AvgIpc) is 3.80. The summed E-state index contributed by atoms with van der Waals surface area (Å²) in [6.45, 7) is 20.5. The molecule has 0 fully saturated rings. The zero-order chi connectivity index (χ0) is 47.7. The zero-order valence-electron chi connectivity index (χ0n) is 42.5. The van der Waals surface area contributed by atoms with Crippen LogP contribution in [0, 0.1) is 23.7 Å². The molecule has 0 bridgehead atoms. The van der Waals surface area contributed by atoms with Crippen LogP contribution in [0.5, 0.6) is 11.5 Å². The first-order chi connectivity index (χ1) is 32.7. The number of unbranched alkanes of at least 4 members (excludes halogenated alkanes) is 4. The second-order valence-corrected chi connectivity index (χ2v) is 19.6. The standard InChI is InChI=1S/C61H82N2O4/c1-9-16-20-44(8)40-62-58(52-28-24-48(25-29-52)50-32-36-54(37-33-50)66-42-46(14-6)22-18-11-3)56-57(60(62)64)59(63(61(56)65)41-45(13-5)21-17-10-2)53-30-26-49(27-31-53)51-34-38-55(39-35-51)67-43-47(15-7)23-19-12-4/h24-39,44-47H,9-23,40-43H2,1-8H3. The molecule has 4 aromatic rings. The van der Waals surface area contributed by atoms with Gasteiger partial charge in [0.15, 0.2) is 0 Å². The third-order valence-electron chi connectivity index (χ3n) is 14.5. The Kier molecular flexibility index (Phi) is 19.8. The fourth-order valence-corrected chi connectivity index (χ4v) is 9.83. The molecule has 0 spiro atoms. The van der Waals surface area contributed by atoms with E-state index in [4.69, 9.17) is 9.47 Å². The van der Waals surface area contributed by atoms with Crippen molar-refractivity contribution in [2.24, 2.45) is 23.7 Å². The average molecular weight is 907 g/mol. The zero-order valence-corrected chi connectivity index (χ0v) is 42.5. The van der Waals surface area contributed by atoms with Gasteiger partial charge in [-0.3, -0.25) is 9.59 Å². The van der Waals surface area contributed by atoms with Gasteiger partial charge >= 0.3 is 0 Å². The molecule has 2 amide bonds. The summed E-state index contributed by atoms with van der Waals surface area (Å²) in [4.78, 5) is 34.3. The van der Waals surface area contributed by atoms with E-state index in [2.05, 4.69) is 152 Å². The lowest BCUT2D eigenvalue weighted by Crippen LogP contribution is -2.34. The first-order valence-electron chi connectivity index (χ1n) is 26.5. The topological polar surface area (TPSA) is 59.1 Å². The van der Waals surface area contributed by atoms with Crippen LogP contribution in [0.3, 0.4) is 0 Å². The monoisotopic (exact) mass is 907 g/mol. The molecule has 2 aliphatic heterocycles. The normalized spacial score (nSPS) is 15.6. The molecule has 6 nitrogen and oxygen atoms in total. The summed E-state index contributed by atoms with van der Waals surface area (Å²) in [5.74, 6) is 3.41. The summed E-state index contributed by atoms with van der Waals surface area (Å²) < 4.78 is 12.5. The second kappa shape index (κ2) is 25.9. The number of carbonyl (C=O) groups is 2. The van der Waals surface area contributed by atoms with Crippen molar-refractivity contribution < 1.29 is 19.1 Å². The van der Waals surface area contributed by atoms with E-state index in [1.54, 1.807) is 0 Å². The minimum atomic E-state index is -0.0693. The molecule has 6 heteroatoms. The lowest BCUT2D eigenvalue weighted by Gasteiger charge is -2.29. The van der Waals surface area contributed by atoms with Crippen LogP contribution in [-0.2, 0) is 9.59 Å². The first-order valence-corrected chi connectivity index (χ1v) is 26.5. The van der Waals surface area contributed by atoms with E-state index in [1.807, 2.05) is 9.80 Å². The molecule has 0 aliphatic carbocycles. The van der Waals surface area contributed by atoms with Gasteiger partial charge in [0.25, 0.3) is 11.8 Å². The first kappa shape index (κ1) is 51.3. The van der Waals surface area contributed by atoms with Gasteiger partial charge in [0.05, 0.1) is 35.8 Å². The van der Waals surface area contributed by atoms with Gasteiger partial charge in [0.2, 0.25) is 0 Å². The third kappa shape index (κ3) is 13.1. The molecule has 2 aliphatic rings. The van der Waals surface area contributed by atoms with Gasteiger partial charge in [-0.2, -0.15) is 0 Å². The van der Waals surface area contributed by atoms with Crippen LogP contribution in [0.2, 0.25) is 0 Å². The van der Waals surface area contributed by atoms with Crippen molar-refractivity contribution in [3.05, 3.63) is 119 Å². The van der Waals surface area contributed by atoms with Crippen molar-refractivity contribution in [3.63, 3.8) is 0 Å². The van der Waals surface area contributed by atoms with E-state index in [9.17, 15) is 0 Å². The van der Waals surface area contributed by atoms with Crippen LogP contribution in [0.25, 0.3) is 33.6 Å². The molecular weight excluding hydrogens is 825 g/mol. The van der Waals surface area contributed by atoms with E-state index in [-0.39, 0.29) is 17.7 Å². The Morgan fingerprint density at radius 3 is 1.07 bits per heavy atom. The second-order valence-electron chi connectivity index (χ2n) is 19.6. The lowest BCUT2D eigenvalue weighted by atomic mass is 9.97. The van der Waals surface area contributed by atoms with E-state index >= 15 is 9.59 Å². The Morgan fingerprint density at radius 1 is 0.403 bits per heavy atom. The van der Waals surface area contributed by atoms with Crippen molar-refractivity contribution in [2.45, 2.75) is 152 Å². The Hall–Kier alpha value is -5.10. The highest BCUT2D eigenvalue weighted by molar-refractivity contribution is 6.30. The molecule has 0 saturated heterocycles. The van der Waals surface area contributed by atoms with Gasteiger partial charge in [-0.25, -0.2) is 0 Å². The molecule has 0 N–H and O–H groups in total. The number of amides is 2. The largest absolute Gasteiger partial charge is 0.493 e. The number of fused-ring (bicyclic) bond motifs is 1. The highest BCUT2D eigenvalue weighted by Gasteiger charge is 2.49. The SMILES string of the molecule is CCCCC(C)CN1C(=O)C2=C(c3ccc(-c4ccc(OCC(CC)CCCC)cc4)cc3)N(CC(CC)CCCC)C(=O)C2=C1c1ccc(-c2ccc(OCC(CC)CCCC)cc2)cc1. The molecule has 4 unspecified atom stereocenters. The summed E-state index contributed by atoms with van der Waals surface area (Å²) in [6, 6.07) is 33.7. The Bertz CT molecular complexity index is 2220. The van der Waals surface area contributed by atoms with Crippen LogP contribution in [-0.4, -0.2) is 47.9 Å². The molecule has 67 heavy (non-hydrogen) atoms. The van der Waals surface area contributed by atoms with E-state index in [0.29, 0.717) is 42.0 Å². The van der Waals surface area contributed by atoms with E-state index in [1.165, 1.54) is 38.5 Å². The molecular formula is C61H82N2O4. The highest BCUT2D eigenvalue weighted by Crippen LogP contribution is 2.48. The molecule has 0 saturated carbocycles. The van der Waals surface area contributed by atoms with Gasteiger partial charge in [-0.1, -0.05) is 199 Å². The summed E-state index contributed by atoms with van der Waals surface area (Å²) in [7, 11) is 0. The smallest absolute Gasteiger partial charge is 0.261 e. The molecule has 4 atom stereocenters. The molecule has 2 heterocycles. The summed E-state index contributed by atoms with van der Waals surface area (Å²) in [5.41, 5.74) is 8.73. The third-order valence-corrected chi connectivity index (χ3v) is 14.5. The number of carbonyl (C=O) groups excluding carboxylic acids is 2. The lowest BCUT2D eigenvalue weighted by molar-refractivity contribution is -0.124. The summed E-state index contributed by atoms with van der Waals surface area (Å²) in [5, 5.41) is 0. The van der Waals surface area contributed by atoms with Crippen molar-refractivity contribution in [1.82, 2.24) is 9.80 Å². The van der Waals surface area contributed by atoms with Crippen molar-refractivity contribution >= 4 is 23.2 Å². The van der Waals surface area contributed by atoms with Crippen LogP contribution in [0.15, 0.2) is 108 Å². The van der Waals surface area contributed by atoms with Crippen LogP contribution < -0.4 is 9.47 Å². The summed E-state index contributed by atoms with van der Waals surface area (Å²) >= 11 is 0. The maximum atomic E-state index is 15.2. The highest BCUT2D eigenvalue weighted by atomic mass is 16.5. The van der Waals surface area contributed by atoms with E-state index < -0.39 is 0 Å². The fraction of sp³-hybridized carbons (Fsp3) is 0.508. The van der Waals surface area contributed by atoms with Gasteiger partial charge < -0.3 is 19.3 Å². The fourth-order valence-electron chi connectivity index (χ4n) is 9.83. The van der Waals surface area contributed by atoms with Gasteiger partial charge in [0.1, 0.15) is 11.5 Å². The van der Waals surface area contributed by atoms with Gasteiger partial charge in [0, 0.05) is 13.1 Å². The quantitative estimate of drug-likeness (QED) is 0.0545. The van der Waals surface area contributed by atoms with Gasteiger partial charge in [-0.15, -0.1) is 0 Å². The van der Waals surface area contributed by atoms with Crippen LogP contribution in [0.1, 0.15) is 163 Å². The predicted octanol–water partition coefficient (Wildman–Crippen LogP) is 16.1. The molecule has 6 rings (SSSR count). The summed E-state index contributed by atoms with van der Waals surface area (Å²) in [6.07, 6.45) is 17.0. The Morgan fingerprint density at radius 2 is 0.716 bits per heavy atom. The number of hydrogen-bond donors (Lipinski definition) is 0. The number of benzene rings is 4. The van der Waals surface area contributed by atoms with Crippen molar-refractivity contribution in [3.8, 4) is 33.8 Å². The number of hydrogen-bond acceptors (Lipinski definition) is 4. The minimum absolute atomic E-state index is 0.0636. The Labute approximate surface area is 405 Å². The number of rotatable bonds is 29. The maximum absolute atomic E-state index is 15.2. The van der Waals surface area contributed by atoms with Crippen LogP contribution in [0.4, 0.5) is 0 Å². The maximum Gasteiger partial charge on any atom is 0.261 e. The van der Waals surface area contributed by atoms with Crippen LogP contribution >= 0.6 is 0 Å². The van der Waals surface area contributed by atoms with E-state index in [0.717, 1.165) is 127 Å². The van der Waals surface area contributed by atoms with Crippen molar-refractivity contribution in [1.29, 1.82) is 0 Å². The molecule has 0 radical (unpaired) electrons. The minimum Gasteiger partial charge on any atom is -0.493 e. The number of nitrogens with zero attached hydrogens (tertiary/aromatic N) is 2. The molecule has 360 valence electrons. The Balaban J connectivity index is 1.34. The van der Waals surface area contributed by atoms with Crippen molar-refractivity contribution in [2.75, 3.05) is 26.3 Å². The molecule has 0 aromatic heterocycles. The predicted molar refractivity (Wildman–Crippen MR) is 281 cm³/mol. The molecule has 4 aromatic carbocycles. The number of ether oxygens (including phenoxy) is 2. The van der Waals surface area contributed by atoms with Gasteiger partial charge in [-0.05, 0) is 107 Å².